The highest BCUT2D eigenvalue weighted by Gasteiger charge is 2.13. The molecule has 0 aliphatic rings. The van der Waals surface area contributed by atoms with E-state index in [9.17, 15) is 18.8 Å². The number of rotatable bonds is 7. The molecule has 2 rings (SSSR count). The van der Waals surface area contributed by atoms with E-state index in [1.807, 2.05) is 0 Å². The SMILES string of the molecule is CC(=O)c1ccc(N(CCNC(=O)Cc2ccccc2F)C(C)=O)cc1. The van der Waals surface area contributed by atoms with Crippen molar-refractivity contribution in [1.29, 1.82) is 0 Å². The van der Waals surface area contributed by atoms with Gasteiger partial charge in [-0.05, 0) is 42.8 Å². The second-order valence-corrected chi connectivity index (χ2v) is 5.89. The minimum Gasteiger partial charge on any atom is -0.354 e. The molecule has 0 spiro atoms. The first-order valence-electron chi connectivity index (χ1n) is 8.27. The third-order valence-electron chi connectivity index (χ3n) is 3.93. The highest BCUT2D eigenvalue weighted by atomic mass is 19.1. The van der Waals surface area contributed by atoms with Gasteiger partial charge in [0.2, 0.25) is 11.8 Å². The maximum Gasteiger partial charge on any atom is 0.224 e. The van der Waals surface area contributed by atoms with Crippen molar-refractivity contribution in [2.75, 3.05) is 18.0 Å². The first kappa shape index (κ1) is 19.3. The number of hydrogen-bond acceptors (Lipinski definition) is 3. The largest absolute Gasteiger partial charge is 0.354 e. The molecule has 0 heterocycles. The maximum atomic E-state index is 13.6. The number of nitrogens with zero attached hydrogens (tertiary/aromatic N) is 1. The van der Waals surface area contributed by atoms with E-state index in [1.165, 1.54) is 24.8 Å². The molecule has 2 amide bonds. The average Bonchev–Trinajstić information content (AvgIpc) is 2.60. The fourth-order valence-corrected chi connectivity index (χ4v) is 2.53. The molecule has 2 aromatic carbocycles. The Kier molecular flexibility index (Phi) is 6.60. The maximum absolute atomic E-state index is 13.6. The number of carbonyl (C=O) groups is 3. The summed E-state index contributed by atoms with van der Waals surface area (Å²) >= 11 is 0. The van der Waals surface area contributed by atoms with Crippen molar-refractivity contribution in [3.63, 3.8) is 0 Å². The van der Waals surface area contributed by atoms with Crippen molar-refractivity contribution in [1.82, 2.24) is 5.32 Å². The number of halogens is 1. The Morgan fingerprint density at radius 2 is 1.65 bits per heavy atom. The number of hydrogen-bond donors (Lipinski definition) is 1. The van der Waals surface area contributed by atoms with Gasteiger partial charge in [-0.3, -0.25) is 14.4 Å². The number of amides is 2. The fourth-order valence-electron chi connectivity index (χ4n) is 2.53. The molecule has 5 nitrogen and oxygen atoms in total. The summed E-state index contributed by atoms with van der Waals surface area (Å²) in [7, 11) is 0. The molecule has 0 aliphatic carbocycles. The summed E-state index contributed by atoms with van der Waals surface area (Å²) in [5.74, 6) is -0.959. The molecule has 0 aromatic heterocycles. The van der Waals surface area contributed by atoms with Crippen LogP contribution in [0.1, 0.15) is 29.8 Å². The van der Waals surface area contributed by atoms with E-state index >= 15 is 0 Å². The Bertz CT molecular complexity index is 803. The van der Waals surface area contributed by atoms with Crippen LogP contribution in [-0.4, -0.2) is 30.7 Å². The number of anilines is 1. The van der Waals surface area contributed by atoms with Crippen LogP contribution in [0.5, 0.6) is 0 Å². The molecule has 136 valence electrons. The normalized spacial score (nSPS) is 10.3. The third kappa shape index (κ3) is 5.24. The summed E-state index contributed by atoms with van der Waals surface area (Å²) in [6.45, 7) is 3.42. The van der Waals surface area contributed by atoms with Crippen molar-refractivity contribution < 1.29 is 18.8 Å². The summed E-state index contributed by atoms with van der Waals surface area (Å²) in [6.07, 6.45) is -0.0555. The molecular formula is C20H21FN2O3. The summed E-state index contributed by atoms with van der Waals surface area (Å²) in [6, 6.07) is 12.8. The van der Waals surface area contributed by atoms with Crippen LogP contribution < -0.4 is 10.2 Å². The molecule has 0 fully saturated rings. The lowest BCUT2D eigenvalue weighted by Crippen LogP contribution is -2.38. The Morgan fingerprint density at radius 1 is 1.00 bits per heavy atom. The summed E-state index contributed by atoms with van der Waals surface area (Å²) in [5.41, 5.74) is 1.54. The van der Waals surface area contributed by atoms with E-state index in [1.54, 1.807) is 42.5 Å². The van der Waals surface area contributed by atoms with E-state index < -0.39 is 5.82 Å². The van der Waals surface area contributed by atoms with Gasteiger partial charge in [-0.25, -0.2) is 4.39 Å². The molecule has 0 saturated carbocycles. The van der Waals surface area contributed by atoms with E-state index in [-0.39, 0.29) is 37.1 Å². The van der Waals surface area contributed by atoms with Crippen LogP contribution in [0.15, 0.2) is 48.5 Å². The quantitative estimate of drug-likeness (QED) is 0.776. The van der Waals surface area contributed by atoms with Crippen LogP contribution in [0.3, 0.4) is 0 Å². The second-order valence-electron chi connectivity index (χ2n) is 5.89. The van der Waals surface area contributed by atoms with Gasteiger partial charge in [0.15, 0.2) is 5.78 Å². The smallest absolute Gasteiger partial charge is 0.224 e. The van der Waals surface area contributed by atoms with Crippen LogP contribution in [0.2, 0.25) is 0 Å². The van der Waals surface area contributed by atoms with E-state index in [2.05, 4.69) is 5.32 Å². The number of Topliss-reactive ketones (excluding diaryl/α,β-unsaturated/α-hetero) is 1. The fraction of sp³-hybridized carbons (Fsp3) is 0.250. The van der Waals surface area contributed by atoms with Crippen LogP contribution in [0, 0.1) is 5.82 Å². The van der Waals surface area contributed by atoms with Gasteiger partial charge in [0.05, 0.1) is 6.42 Å². The lowest BCUT2D eigenvalue weighted by molar-refractivity contribution is -0.121. The van der Waals surface area contributed by atoms with Gasteiger partial charge in [-0.1, -0.05) is 18.2 Å². The van der Waals surface area contributed by atoms with Crippen LogP contribution >= 0.6 is 0 Å². The number of carbonyl (C=O) groups excluding carboxylic acids is 3. The molecule has 0 radical (unpaired) electrons. The Hall–Kier alpha value is -3.02. The molecular weight excluding hydrogens is 335 g/mol. The minimum atomic E-state index is -0.418. The molecule has 0 aliphatic heterocycles. The van der Waals surface area contributed by atoms with Crippen molar-refractivity contribution >= 4 is 23.3 Å². The summed E-state index contributed by atoms with van der Waals surface area (Å²) in [4.78, 5) is 36.7. The lowest BCUT2D eigenvalue weighted by atomic mass is 10.1. The molecule has 0 saturated heterocycles. The second kappa shape index (κ2) is 8.89. The summed E-state index contributed by atoms with van der Waals surface area (Å²) < 4.78 is 13.6. The Balaban J connectivity index is 1.92. The van der Waals surface area contributed by atoms with Crippen LogP contribution in [0.4, 0.5) is 10.1 Å². The molecule has 1 N–H and O–H groups in total. The monoisotopic (exact) mass is 356 g/mol. The molecule has 26 heavy (non-hydrogen) atoms. The van der Waals surface area contributed by atoms with Gasteiger partial charge in [0.25, 0.3) is 0 Å². The van der Waals surface area contributed by atoms with E-state index in [0.29, 0.717) is 16.8 Å². The minimum absolute atomic E-state index is 0.0497. The van der Waals surface area contributed by atoms with Crippen LogP contribution in [0.25, 0.3) is 0 Å². The van der Waals surface area contributed by atoms with Crippen molar-refractivity contribution in [3.8, 4) is 0 Å². The first-order chi connectivity index (χ1) is 12.4. The predicted molar refractivity (Wildman–Crippen MR) is 97.6 cm³/mol. The van der Waals surface area contributed by atoms with Crippen molar-refractivity contribution in [2.45, 2.75) is 20.3 Å². The summed E-state index contributed by atoms with van der Waals surface area (Å²) in [5, 5.41) is 2.69. The van der Waals surface area contributed by atoms with E-state index in [4.69, 9.17) is 0 Å². The molecule has 2 aromatic rings. The third-order valence-corrected chi connectivity index (χ3v) is 3.93. The van der Waals surface area contributed by atoms with Gasteiger partial charge >= 0.3 is 0 Å². The zero-order valence-corrected chi connectivity index (χ0v) is 14.8. The Labute approximate surface area is 151 Å². The number of benzene rings is 2. The lowest BCUT2D eigenvalue weighted by Gasteiger charge is -2.21. The van der Waals surface area contributed by atoms with Crippen molar-refractivity contribution in [2.24, 2.45) is 0 Å². The van der Waals surface area contributed by atoms with E-state index in [0.717, 1.165) is 0 Å². The number of nitrogens with one attached hydrogen (secondary N) is 1. The first-order valence-corrected chi connectivity index (χ1v) is 8.27. The highest BCUT2D eigenvalue weighted by Crippen LogP contribution is 2.15. The van der Waals surface area contributed by atoms with Crippen LogP contribution in [-0.2, 0) is 16.0 Å². The zero-order chi connectivity index (χ0) is 19.1. The topological polar surface area (TPSA) is 66.5 Å². The van der Waals surface area contributed by atoms with Gasteiger partial charge in [0, 0.05) is 31.3 Å². The van der Waals surface area contributed by atoms with Gasteiger partial charge < -0.3 is 10.2 Å². The molecule has 0 unspecified atom stereocenters. The molecule has 6 heteroatoms. The average molecular weight is 356 g/mol. The van der Waals surface area contributed by atoms with Gasteiger partial charge in [-0.2, -0.15) is 0 Å². The van der Waals surface area contributed by atoms with Crippen molar-refractivity contribution in [3.05, 3.63) is 65.5 Å². The van der Waals surface area contributed by atoms with Gasteiger partial charge in [0.1, 0.15) is 5.82 Å². The Morgan fingerprint density at radius 3 is 2.23 bits per heavy atom. The number of ketones is 1. The highest BCUT2D eigenvalue weighted by molar-refractivity contribution is 5.96. The zero-order valence-electron chi connectivity index (χ0n) is 14.8. The molecule has 0 atom stereocenters. The standard InChI is InChI=1S/C20H21FN2O3/c1-14(24)16-7-9-18(10-8-16)23(15(2)25)12-11-22-20(26)13-17-5-3-4-6-19(17)21/h3-10H,11-13H2,1-2H3,(H,22,26). The predicted octanol–water partition coefficient (Wildman–Crippen LogP) is 2.74. The molecule has 0 bridgehead atoms. The van der Waals surface area contributed by atoms with Gasteiger partial charge in [-0.15, -0.1) is 0 Å².